The van der Waals surface area contributed by atoms with E-state index in [4.69, 9.17) is 10.2 Å². The molecule has 15 heavy (non-hydrogen) atoms. The van der Waals surface area contributed by atoms with Crippen molar-refractivity contribution in [2.24, 2.45) is 5.14 Å². The second-order valence-electron chi connectivity index (χ2n) is 3.22. The van der Waals surface area contributed by atoms with Crippen molar-refractivity contribution in [3.05, 3.63) is 16.8 Å². The molecular formula is C7H10FNO4S2. The summed E-state index contributed by atoms with van der Waals surface area (Å²) in [6, 6.07) is 0.848. The highest BCUT2D eigenvalue weighted by Crippen LogP contribution is 2.32. The maximum Gasteiger partial charge on any atom is 0.250 e. The van der Waals surface area contributed by atoms with Crippen LogP contribution in [0.4, 0.5) is 4.39 Å². The number of hydrogen-bond acceptors (Lipinski definition) is 5. The summed E-state index contributed by atoms with van der Waals surface area (Å²) >= 11 is 0.500. The molecule has 0 fully saturated rings. The molecule has 0 aliphatic carbocycles. The van der Waals surface area contributed by atoms with Crippen LogP contribution >= 0.6 is 11.3 Å². The topological polar surface area (TPSA) is 101 Å². The Morgan fingerprint density at radius 2 is 2.20 bits per heavy atom. The molecule has 0 amide bonds. The monoisotopic (exact) mass is 255 g/mol. The predicted octanol–water partition coefficient (Wildman–Crippen LogP) is -0.266. The number of aliphatic hydroxyl groups is 2. The maximum absolute atomic E-state index is 13.1. The third-order valence-corrected chi connectivity index (χ3v) is 4.57. The van der Waals surface area contributed by atoms with Gasteiger partial charge in [0, 0.05) is 4.88 Å². The first-order valence-corrected chi connectivity index (χ1v) is 6.20. The molecule has 1 rings (SSSR count). The standard InChI is InChI=1S/C7H10FNO4S2/c1-7(11,3-10)5-2-4(8)6(14-5)15(9,12)13/h2,10-11H,3H2,1H3,(H2,9,12,13). The number of primary sulfonamides is 1. The van der Waals surface area contributed by atoms with Crippen LogP contribution < -0.4 is 5.14 Å². The quantitative estimate of drug-likeness (QED) is 0.692. The van der Waals surface area contributed by atoms with Crippen LogP contribution in [0.2, 0.25) is 0 Å². The van der Waals surface area contributed by atoms with E-state index in [-0.39, 0.29) is 4.88 Å². The van der Waals surface area contributed by atoms with E-state index in [1.807, 2.05) is 0 Å². The summed E-state index contributed by atoms with van der Waals surface area (Å²) in [5.74, 6) is -1.02. The highest BCUT2D eigenvalue weighted by atomic mass is 32.2. The molecule has 86 valence electrons. The Labute approximate surface area is 90.0 Å². The van der Waals surface area contributed by atoms with E-state index in [0.717, 1.165) is 6.07 Å². The fourth-order valence-corrected chi connectivity index (χ4v) is 2.76. The molecule has 0 saturated carbocycles. The molecule has 1 aromatic rings. The number of thiophene rings is 1. The van der Waals surface area contributed by atoms with Crippen molar-refractivity contribution in [1.29, 1.82) is 0 Å². The zero-order chi connectivity index (χ0) is 11.9. The highest BCUT2D eigenvalue weighted by molar-refractivity contribution is 7.91. The van der Waals surface area contributed by atoms with Crippen molar-refractivity contribution in [2.45, 2.75) is 16.7 Å². The number of halogens is 1. The largest absolute Gasteiger partial charge is 0.393 e. The minimum atomic E-state index is -4.13. The van der Waals surface area contributed by atoms with Crippen molar-refractivity contribution in [1.82, 2.24) is 0 Å². The summed E-state index contributed by atoms with van der Waals surface area (Å²) < 4.78 is 34.3. The van der Waals surface area contributed by atoms with Crippen LogP contribution in [0, 0.1) is 5.82 Å². The van der Waals surface area contributed by atoms with Gasteiger partial charge in [0.2, 0.25) is 0 Å². The predicted molar refractivity (Wildman–Crippen MR) is 52.3 cm³/mol. The Bertz CT molecular complexity index is 465. The van der Waals surface area contributed by atoms with Gasteiger partial charge in [-0.1, -0.05) is 0 Å². The van der Waals surface area contributed by atoms with Gasteiger partial charge in [0.25, 0.3) is 10.0 Å². The van der Waals surface area contributed by atoms with Gasteiger partial charge in [0.1, 0.15) is 5.60 Å². The van der Waals surface area contributed by atoms with Gasteiger partial charge in [-0.15, -0.1) is 11.3 Å². The first kappa shape index (κ1) is 12.5. The molecule has 0 bridgehead atoms. The molecule has 1 atom stereocenters. The zero-order valence-electron chi connectivity index (χ0n) is 7.77. The van der Waals surface area contributed by atoms with Crippen molar-refractivity contribution < 1.29 is 23.0 Å². The van der Waals surface area contributed by atoms with Crippen LogP contribution in [0.15, 0.2) is 10.3 Å². The van der Waals surface area contributed by atoms with Crippen LogP contribution in [0.5, 0.6) is 0 Å². The molecule has 1 aromatic heterocycles. The minimum Gasteiger partial charge on any atom is -0.393 e. The summed E-state index contributed by atoms with van der Waals surface area (Å²) in [5.41, 5.74) is -1.67. The fraction of sp³-hybridized carbons (Fsp3) is 0.429. The third-order valence-electron chi connectivity index (χ3n) is 1.75. The Morgan fingerprint density at radius 3 is 2.53 bits per heavy atom. The van der Waals surface area contributed by atoms with Crippen LogP contribution in [-0.4, -0.2) is 25.2 Å². The fourth-order valence-electron chi connectivity index (χ4n) is 0.889. The van der Waals surface area contributed by atoms with Crippen LogP contribution in [0.1, 0.15) is 11.8 Å². The molecule has 0 saturated heterocycles. The van der Waals surface area contributed by atoms with E-state index in [2.05, 4.69) is 0 Å². The molecular weight excluding hydrogens is 245 g/mol. The number of nitrogens with two attached hydrogens (primary N) is 1. The van der Waals surface area contributed by atoms with Gasteiger partial charge in [-0.3, -0.25) is 0 Å². The Hall–Kier alpha value is -0.540. The van der Waals surface area contributed by atoms with E-state index in [0.29, 0.717) is 11.3 Å². The average Bonchev–Trinajstić information content (AvgIpc) is 2.47. The number of rotatable bonds is 3. The third kappa shape index (κ3) is 2.52. The van der Waals surface area contributed by atoms with Gasteiger partial charge in [-0.25, -0.2) is 17.9 Å². The van der Waals surface area contributed by atoms with Gasteiger partial charge in [0.15, 0.2) is 10.0 Å². The molecule has 0 radical (unpaired) electrons. The van der Waals surface area contributed by atoms with E-state index < -0.39 is 32.3 Å². The summed E-state index contributed by atoms with van der Waals surface area (Å²) in [6.07, 6.45) is 0. The zero-order valence-corrected chi connectivity index (χ0v) is 9.40. The van der Waals surface area contributed by atoms with Crippen LogP contribution in [0.3, 0.4) is 0 Å². The number of aliphatic hydroxyl groups excluding tert-OH is 1. The first-order valence-electron chi connectivity index (χ1n) is 3.84. The first-order chi connectivity index (χ1) is 6.68. The average molecular weight is 255 g/mol. The maximum atomic E-state index is 13.1. The van der Waals surface area contributed by atoms with Crippen LogP contribution in [-0.2, 0) is 15.6 Å². The van der Waals surface area contributed by atoms with E-state index in [1.165, 1.54) is 6.92 Å². The lowest BCUT2D eigenvalue weighted by Gasteiger charge is -2.17. The smallest absolute Gasteiger partial charge is 0.250 e. The molecule has 0 spiro atoms. The molecule has 1 heterocycles. The van der Waals surface area contributed by atoms with Gasteiger partial charge in [-0.2, -0.15) is 0 Å². The Morgan fingerprint density at radius 1 is 1.67 bits per heavy atom. The van der Waals surface area contributed by atoms with Crippen molar-refractivity contribution in [2.75, 3.05) is 6.61 Å². The summed E-state index contributed by atoms with van der Waals surface area (Å²) in [7, 11) is -4.13. The molecule has 1 unspecified atom stereocenters. The normalized spacial score (nSPS) is 16.3. The van der Waals surface area contributed by atoms with E-state index in [9.17, 15) is 17.9 Å². The van der Waals surface area contributed by atoms with Gasteiger partial charge >= 0.3 is 0 Å². The van der Waals surface area contributed by atoms with Crippen molar-refractivity contribution >= 4 is 21.4 Å². The van der Waals surface area contributed by atoms with Crippen molar-refractivity contribution in [3.8, 4) is 0 Å². The second kappa shape index (κ2) is 3.80. The molecule has 4 N–H and O–H groups in total. The van der Waals surface area contributed by atoms with Crippen LogP contribution in [0.25, 0.3) is 0 Å². The number of sulfonamides is 1. The lowest BCUT2D eigenvalue weighted by Crippen LogP contribution is -2.24. The highest BCUT2D eigenvalue weighted by Gasteiger charge is 2.29. The Kier molecular flexibility index (Phi) is 3.17. The van der Waals surface area contributed by atoms with Gasteiger partial charge in [0.05, 0.1) is 6.61 Å². The lowest BCUT2D eigenvalue weighted by atomic mass is 10.1. The second-order valence-corrected chi connectivity index (χ2v) is 6.03. The van der Waals surface area contributed by atoms with Gasteiger partial charge < -0.3 is 10.2 Å². The van der Waals surface area contributed by atoms with Gasteiger partial charge in [-0.05, 0) is 13.0 Å². The molecule has 5 nitrogen and oxygen atoms in total. The Balaban J connectivity index is 3.30. The molecule has 0 aliphatic heterocycles. The van der Waals surface area contributed by atoms with E-state index in [1.54, 1.807) is 0 Å². The number of hydrogen-bond donors (Lipinski definition) is 3. The van der Waals surface area contributed by atoms with E-state index >= 15 is 0 Å². The molecule has 8 heteroatoms. The SMILES string of the molecule is CC(O)(CO)c1cc(F)c(S(N)(=O)=O)s1. The molecule has 0 aliphatic rings. The summed E-state index contributed by atoms with van der Waals surface area (Å²) in [4.78, 5) is 0.00604. The lowest BCUT2D eigenvalue weighted by molar-refractivity contribution is 0.000655. The van der Waals surface area contributed by atoms with Crippen molar-refractivity contribution in [3.63, 3.8) is 0 Å². The summed E-state index contributed by atoms with van der Waals surface area (Å²) in [6.45, 7) is 0.599. The minimum absolute atomic E-state index is 0.00604. The summed E-state index contributed by atoms with van der Waals surface area (Å²) in [5, 5.41) is 23.1. The molecule has 0 aromatic carbocycles.